The molecule has 1 aliphatic rings. The number of halogens is 1. The average molecular weight is 314 g/mol. The van der Waals surface area contributed by atoms with Crippen molar-refractivity contribution in [2.75, 3.05) is 7.11 Å². The number of nitrogens with zero attached hydrogens (tertiary/aromatic N) is 1. The first-order chi connectivity index (χ1) is 7.22. The van der Waals surface area contributed by atoms with Crippen molar-refractivity contribution in [3.8, 4) is 0 Å². The molecule has 0 atom stereocenters. The summed E-state index contributed by atoms with van der Waals surface area (Å²) in [7, 11) is 1.40. The quantitative estimate of drug-likeness (QED) is 0.478. The highest BCUT2D eigenvalue weighted by Crippen LogP contribution is 2.38. The van der Waals surface area contributed by atoms with Gasteiger partial charge in [0.15, 0.2) is 0 Å². The Bertz CT molecular complexity index is 440. The molecule has 0 amide bonds. The van der Waals surface area contributed by atoms with Crippen LogP contribution in [-0.4, -0.2) is 13.1 Å². The van der Waals surface area contributed by atoms with Crippen LogP contribution in [0, 0.1) is 0 Å². The number of fused-ring (bicyclic) bond motifs is 1. The van der Waals surface area contributed by atoms with E-state index in [1.165, 1.54) is 7.11 Å². The molecule has 4 heteroatoms. The molecule has 0 bridgehead atoms. The Balaban J connectivity index is 2.32. The van der Waals surface area contributed by atoms with Gasteiger partial charge in [-0.3, -0.25) is 4.79 Å². The molecule has 1 radical (unpaired) electrons. The third kappa shape index (κ3) is 1.99. The van der Waals surface area contributed by atoms with Crippen LogP contribution < -0.4 is 5.32 Å². The lowest BCUT2D eigenvalue weighted by Gasteiger charge is -2.02. The molecule has 0 spiro atoms. The highest BCUT2D eigenvalue weighted by Gasteiger charge is 2.22. The molecule has 0 N–H and O–H groups in total. The number of hydrogen-bond acceptors (Lipinski definition) is 2. The summed E-state index contributed by atoms with van der Waals surface area (Å²) < 4.78 is 5.53. The summed E-state index contributed by atoms with van der Waals surface area (Å²) in [5, 5.41) is 4.38. The fraction of sp³-hybridized carbons (Fsp3) is 0.182. The lowest BCUT2D eigenvalue weighted by Crippen LogP contribution is -2.01. The Morgan fingerprint density at radius 3 is 2.93 bits per heavy atom. The van der Waals surface area contributed by atoms with E-state index in [9.17, 15) is 4.79 Å². The summed E-state index contributed by atoms with van der Waals surface area (Å²) in [6.45, 7) is 0. The van der Waals surface area contributed by atoms with Gasteiger partial charge in [-0.15, -0.1) is 0 Å². The number of esters is 1. The number of hydrogen-bond donors (Lipinski definition) is 0. The predicted molar refractivity (Wildman–Crippen MR) is 65.8 cm³/mol. The predicted octanol–water partition coefficient (Wildman–Crippen LogP) is 2.60. The summed E-state index contributed by atoms with van der Waals surface area (Å²) in [5.41, 5.74) is 2.92. The molecule has 0 unspecified atom stereocenters. The molecule has 0 saturated carbocycles. The number of rotatable bonds is 2. The van der Waals surface area contributed by atoms with Gasteiger partial charge in [0, 0.05) is 11.1 Å². The lowest BCUT2D eigenvalue weighted by atomic mass is 10.1. The minimum Gasteiger partial charge on any atom is -0.469 e. The van der Waals surface area contributed by atoms with Crippen LogP contribution in [0.5, 0.6) is 0 Å². The molecular weight excluding hydrogens is 305 g/mol. The minimum atomic E-state index is -0.230. The van der Waals surface area contributed by atoms with Gasteiger partial charge in [0.25, 0.3) is 0 Å². The summed E-state index contributed by atoms with van der Waals surface area (Å²) >= 11 is 2.14. The van der Waals surface area contributed by atoms with Gasteiger partial charge in [-0.25, -0.2) is 5.32 Å². The van der Waals surface area contributed by atoms with Crippen molar-refractivity contribution in [1.29, 1.82) is 0 Å². The molecule has 77 valence electrons. The van der Waals surface area contributed by atoms with E-state index in [4.69, 9.17) is 0 Å². The Hall–Kier alpha value is -1.04. The third-order valence-corrected chi connectivity index (χ3v) is 3.14. The number of para-hydroxylation sites is 1. The monoisotopic (exact) mass is 314 g/mol. The molecule has 0 fully saturated rings. The molecule has 0 aliphatic carbocycles. The van der Waals surface area contributed by atoms with Gasteiger partial charge in [0.2, 0.25) is 0 Å². The van der Waals surface area contributed by atoms with E-state index in [1.807, 2.05) is 24.3 Å². The lowest BCUT2D eigenvalue weighted by molar-refractivity contribution is -0.139. The van der Waals surface area contributed by atoms with Crippen LogP contribution in [0.3, 0.4) is 0 Å². The van der Waals surface area contributed by atoms with Gasteiger partial charge in [-0.2, -0.15) is 0 Å². The second-order valence-electron chi connectivity index (χ2n) is 3.15. The average Bonchev–Trinajstić information content (AvgIpc) is 2.55. The summed E-state index contributed by atoms with van der Waals surface area (Å²) in [6, 6.07) is 7.80. The van der Waals surface area contributed by atoms with E-state index in [2.05, 4.69) is 32.6 Å². The van der Waals surface area contributed by atoms with E-state index in [0.29, 0.717) is 0 Å². The zero-order valence-electron chi connectivity index (χ0n) is 8.16. The van der Waals surface area contributed by atoms with Crippen molar-refractivity contribution in [2.24, 2.45) is 0 Å². The fourth-order valence-corrected chi connectivity index (χ4v) is 2.24. The Labute approximate surface area is 102 Å². The van der Waals surface area contributed by atoms with Gasteiger partial charge in [-0.05, 0) is 28.7 Å². The summed E-state index contributed by atoms with van der Waals surface area (Å²) in [5.74, 6) is -0.230. The smallest absolute Gasteiger partial charge is 0.310 e. The normalized spacial score (nSPS) is 13.5. The molecule has 1 aromatic carbocycles. The van der Waals surface area contributed by atoms with Crippen molar-refractivity contribution in [1.82, 2.24) is 5.32 Å². The zero-order chi connectivity index (χ0) is 10.8. The highest BCUT2D eigenvalue weighted by molar-refractivity contribution is 14.1. The third-order valence-electron chi connectivity index (χ3n) is 2.25. The van der Waals surface area contributed by atoms with Crippen molar-refractivity contribution in [2.45, 2.75) is 6.42 Å². The Morgan fingerprint density at radius 1 is 1.47 bits per heavy atom. The number of methoxy groups -OCH3 is 1. The second kappa shape index (κ2) is 4.22. The molecule has 2 rings (SSSR count). The van der Waals surface area contributed by atoms with Crippen LogP contribution in [0.1, 0.15) is 12.0 Å². The van der Waals surface area contributed by atoms with E-state index >= 15 is 0 Å². The van der Waals surface area contributed by atoms with E-state index < -0.39 is 0 Å². The van der Waals surface area contributed by atoms with Crippen LogP contribution in [-0.2, 0) is 9.53 Å². The van der Waals surface area contributed by atoms with Crippen LogP contribution in [0.25, 0.3) is 5.57 Å². The van der Waals surface area contributed by atoms with Crippen LogP contribution in [0.4, 0.5) is 5.69 Å². The molecule has 1 aromatic rings. The zero-order valence-corrected chi connectivity index (χ0v) is 10.3. The number of benzene rings is 1. The number of ether oxygens (including phenoxy) is 1. The van der Waals surface area contributed by atoms with Gasteiger partial charge >= 0.3 is 5.97 Å². The van der Waals surface area contributed by atoms with E-state index in [-0.39, 0.29) is 12.4 Å². The first kappa shape index (κ1) is 10.5. The highest BCUT2D eigenvalue weighted by atomic mass is 127. The summed E-state index contributed by atoms with van der Waals surface area (Å²) in [6.07, 6.45) is 0.287. The molecule has 0 aromatic heterocycles. The molecule has 3 nitrogen and oxygen atoms in total. The minimum absolute atomic E-state index is 0.230. The number of carbonyl (C=O) groups excluding carboxylic acids is 1. The molecular formula is C11H9INO2. The van der Waals surface area contributed by atoms with Gasteiger partial charge in [0.05, 0.1) is 19.2 Å². The van der Waals surface area contributed by atoms with Crippen LogP contribution in [0.2, 0.25) is 0 Å². The Kier molecular flexibility index (Phi) is 2.95. The van der Waals surface area contributed by atoms with Crippen LogP contribution >= 0.6 is 22.6 Å². The van der Waals surface area contributed by atoms with Gasteiger partial charge in [0.1, 0.15) is 3.70 Å². The molecule has 15 heavy (non-hydrogen) atoms. The maximum atomic E-state index is 11.2. The maximum Gasteiger partial charge on any atom is 0.310 e. The molecule has 1 aliphatic heterocycles. The SMILES string of the molecule is COC(=O)CC1=C(I)[N]c2ccccc21. The second-order valence-corrected chi connectivity index (χ2v) is 4.17. The van der Waals surface area contributed by atoms with E-state index in [0.717, 1.165) is 20.5 Å². The Morgan fingerprint density at radius 2 is 2.20 bits per heavy atom. The fourth-order valence-electron chi connectivity index (χ4n) is 1.50. The van der Waals surface area contributed by atoms with Crippen molar-refractivity contribution in [3.05, 3.63) is 33.5 Å². The first-order valence-electron chi connectivity index (χ1n) is 4.49. The van der Waals surface area contributed by atoms with Crippen molar-refractivity contribution >= 4 is 39.8 Å². The topological polar surface area (TPSA) is 40.4 Å². The standard InChI is InChI=1S/C11H9INO2/c1-15-10(14)6-8-7-4-2-3-5-9(7)13-11(8)12/h2-5H,6H2,1H3. The first-order valence-corrected chi connectivity index (χ1v) is 5.57. The van der Waals surface area contributed by atoms with Crippen molar-refractivity contribution in [3.63, 3.8) is 0 Å². The van der Waals surface area contributed by atoms with Gasteiger partial charge in [-0.1, -0.05) is 18.2 Å². The molecule has 0 saturated heterocycles. The van der Waals surface area contributed by atoms with Crippen molar-refractivity contribution < 1.29 is 9.53 Å². The van der Waals surface area contributed by atoms with Gasteiger partial charge < -0.3 is 4.74 Å². The van der Waals surface area contributed by atoms with E-state index in [1.54, 1.807) is 0 Å². The molecule has 1 heterocycles. The summed E-state index contributed by atoms with van der Waals surface area (Å²) in [4.78, 5) is 11.2. The van der Waals surface area contributed by atoms with Crippen LogP contribution in [0.15, 0.2) is 28.0 Å². The number of carbonyl (C=O) groups is 1. The maximum absolute atomic E-state index is 11.2. The largest absolute Gasteiger partial charge is 0.469 e.